The average Bonchev–Trinajstić information content (AvgIpc) is 2.04. The van der Waals surface area contributed by atoms with Crippen molar-refractivity contribution in [3.63, 3.8) is 0 Å². The van der Waals surface area contributed by atoms with Gasteiger partial charge in [0, 0.05) is 19.6 Å². The predicted octanol–water partition coefficient (Wildman–Crippen LogP) is -3.79. The highest BCUT2D eigenvalue weighted by molar-refractivity contribution is 6.30. The lowest BCUT2D eigenvalue weighted by Crippen LogP contribution is -2.32. The Morgan fingerprint density at radius 3 is 1.07 bits per heavy atom. The van der Waals surface area contributed by atoms with Gasteiger partial charge in [-0.3, -0.25) is 4.90 Å². The highest BCUT2D eigenvalue weighted by atomic mass is 16.5. The van der Waals surface area contributed by atoms with Gasteiger partial charge in [0.15, 0.2) is 0 Å². The standard InChI is InChI=1S/C6H15NO3.BH3O3/c8-4-1-7(2-5-9)3-6-10;2-1(3)4/h8-10H,1-6H2;2-4H. The zero-order valence-corrected chi connectivity index (χ0v) is 7.95. The Morgan fingerprint density at radius 2 is 0.929 bits per heavy atom. The highest BCUT2D eigenvalue weighted by Crippen LogP contribution is 1.84. The fourth-order valence-electron chi connectivity index (χ4n) is 0.760. The summed E-state index contributed by atoms with van der Waals surface area (Å²) in [6.45, 7) is 1.75. The van der Waals surface area contributed by atoms with E-state index in [0.29, 0.717) is 19.6 Å². The van der Waals surface area contributed by atoms with Crippen LogP contribution in [0.2, 0.25) is 0 Å². The first-order chi connectivity index (χ1) is 6.58. The minimum atomic E-state index is -2.17. The summed E-state index contributed by atoms with van der Waals surface area (Å²) in [6.07, 6.45) is 0. The van der Waals surface area contributed by atoms with E-state index >= 15 is 0 Å². The summed E-state index contributed by atoms with van der Waals surface area (Å²) in [5.41, 5.74) is 0. The number of aliphatic hydroxyl groups is 3. The molecule has 0 amide bonds. The molecule has 0 aliphatic rings. The molecule has 86 valence electrons. The van der Waals surface area contributed by atoms with Gasteiger partial charge in [-0.2, -0.15) is 0 Å². The van der Waals surface area contributed by atoms with Crippen LogP contribution in [0.3, 0.4) is 0 Å². The van der Waals surface area contributed by atoms with Crippen molar-refractivity contribution in [1.82, 2.24) is 4.90 Å². The minimum absolute atomic E-state index is 0.0694. The molecule has 0 rings (SSSR count). The summed E-state index contributed by atoms with van der Waals surface area (Å²) >= 11 is 0. The van der Waals surface area contributed by atoms with Crippen molar-refractivity contribution in [2.45, 2.75) is 0 Å². The van der Waals surface area contributed by atoms with Gasteiger partial charge in [-0.1, -0.05) is 0 Å². The third-order valence-electron chi connectivity index (χ3n) is 1.25. The Balaban J connectivity index is 0. The molecule has 6 N–H and O–H groups in total. The van der Waals surface area contributed by atoms with E-state index in [1.165, 1.54) is 0 Å². The molecule has 0 aromatic rings. The fraction of sp³-hybridized carbons (Fsp3) is 1.00. The van der Waals surface area contributed by atoms with Crippen LogP contribution >= 0.6 is 0 Å². The van der Waals surface area contributed by atoms with E-state index in [2.05, 4.69) is 0 Å². The van der Waals surface area contributed by atoms with Crippen LogP contribution in [0.5, 0.6) is 0 Å². The molecule has 0 radical (unpaired) electrons. The lowest BCUT2D eigenvalue weighted by molar-refractivity contribution is 0.136. The van der Waals surface area contributed by atoms with Gasteiger partial charge in [0.25, 0.3) is 0 Å². The molecular weight excluding hydrogens is 193 g/mol. The lowest BCUT2D eigenvalue weighted by atomic mass is 10.3. The predicted molar refractivity (Wildman–Crippen MR) is 50.1 cm³/mol. The third kappa shape index (κ3) is 17.8. The van der Waals surface area contributed by atoms with E-state index < -0.39 is 7.32 Å². The third-order valence-corrected chi connectivity index (χ3v) is 1.25. The highest BCUT2D eigenvalue weighted by Gasteiger charge is 2.00. The lowest BCUT2D eigenvalue weighted by Gasteiger charge is -2.17. The maximum atomic E-state index is 8.48. The van der Waals surface area contributed by atoms with Crippen LogP contribution in [-0.2, 0) is 0 Å². The normalized spacial score (nSPS) is 9.64. The molecule has 0 heterocycles. The molecule has 0 fully saturated rings. The fourth-order valence-corrected chi connectivity index (χ4v) is 0.760. The zero-order chi connectivity index (χ0) is 11.4. The van der Waals surface area contributed by atoms with Crippen molar-refractivity contribution < 1.29 is 30.4 Å². The molecule has 0 aromatic carbocycles. The van der Waals surface area contributed by atoms with Crippen LogP contribution < -0.4 is 0 Å². The van der Waals surface area contributed by atoms with Crippen LogP contribution in [0, 0.1) is 0 Å². The first-order valence-electron chi connectivity index (χ1n) is 4.17. The first-order valence-corrected chi connectivity index (χ1v) is 4.17. The summed E-state index contributed by atoms with van der Waals surface area (Å²) < 4.78 is 0. The van der Waals surface area contributed by atoms with E-state index in [1.807, 2.05) is 0 Å². The summed E-state index contributed by atoms with van der Waals surface area (Å²) in [6, 6.07) is 0. The van der Waals surface area contributed by atoms with Gasteiger partial charge in [-0.05, 0) is 0 Å². The molecule has 0 spiro atoms. The molecule has 14 heavy (non-hydrogen) atoms. The summed E-state index contributed by atoms with van der Waals surface area (Å²) in [7, 11) is -2.17. The molecule has 0 aliphatic heterocycles. The van der Waals surface area contributed by atoms with E-state index in [9.17, 15) is 0 Å². The van der Waals surface area contributed by atoms with E-state index in [1.54, 1.807) is 4.90 Å². The molecule has 0 aromatic heterocycles. The zero-order valence-electron chi connectivity index (χ0n) is 7.95. The van der Waals surface area contributed by atoms with Gasteiger partial charge in [0.2, 0.25) is 0 Å². The van der Waals surface area contributed by atoms with E-state index in [4.69, 9.17) is 30.4 Å². The monoisotopic (exact) mass is 211 g/mol. The number of hydrogen-bond acceptors (Lipinski definition) is 7. The number of nitrogens with zero attached hydrogens (tertiary/aromatic N) is 1. The number of rotatable bonds is 6. The van der Waals surface area contributed by atoms with E-state index in [0.717, 1.165) is 0 Å². The first kappa shape index (κ1) is 16.2. The summed E-state index contributed by atoms with van der Waals surface area (Å²) in [5.74, 6) is 0. The molecule has 0 saturated heterocycles. The van der Waals surface area contributed by atoms with Crippen molar-refractivity contribution in [2.24, 2.45) is 0 Å². The Labute approximate surface area is 83.0 Å². The number of hydrogen-bond donors (Lipinski definition) is 6. The van der Waals surface area contributed by atoms with Gasteiger partial charge in [-0.15, -0.1) is 0 Å². The topological polar surface area (TPSA) is 125 Å². The molecule has 0 aliphatic carbocycles. The molecule has 0 unspecified atom stereocenters. The van der Waals surface area contributed by atoms with Crippen LogP contribution in [0.25, 0.3) is 0 Å². The van der Waals surface area contributed by atoms with Gasteiger partial charge < -0.3 is 30.4 Å². The van der Waals surface area contributed by atoms with Crippen LogP contribution in [0.4, 0.5) is 0 Å². The molecular formula is C6H18BNO6. The Kier molecular flexibility index (Phi) is 14.8. The van der Waals surface area contributed by atoms with Gasteiger partial charge in [-0.25, -0.2) is 0 Å². The van der Waals surface area contributed by atoms with Crippen molar-refractivity contribution in [3.8, 4) is 0 Å². The van der Waals surface area contributed by atoms with Crippen LogP contribution in [0.1, 0.15) is 0 Å². The quantitative estimate of drug-likeness (QED) is 0.249. The Bertz CT molecular complexity index is 89.3. The molecule has 0 atom stereocenters. The molecule has 8 heteroatoms. The maximum Gasteiger partial charge on any atom is 0.631 e. The van der Waals surface area contributed by atoms with Crippen LogP contribution in [-0.4, -0.2) is 82.1 Å². The van der Waals surface area contributed by atoms with Crippen molar-refractivity contribution in [2.75, 3.05) is 39.5 Å². The smallest absolute Gasteiger partial charge is 0.402 e. The van der Waals surface area contributed by atoms with Crippen LogP contribution in [0.15, 0.2) is 0 Å². The number of aliphatic hydroxyl groups excluding tert-OH is 3. The van der Waals surface area contributed by atoms with Crippen molar-refractivity contribution in [1.29, 1.82) is 0 Å². The molecule has 7 nitrogen and oxygen atoms in total. The second-order valence-electron chi connectivity index (χ2n) is 2.36. The van der Waals surface area contributed by atoms with E-state index in [-0.39, 0.29) is 19.8 Å². The molecule has 0 saturated carbocycles. The SMILES string of the molecule is OB(O)O.OCCN(CCO)CCO. The second-order valence-corrected chi connectivity index (χ2v) is 2.36. The Morgan fingerprint density at radius 1 is 0.714 bits per heavy atom. The van der Waals surface area contributed by atoms with Crippen molar-refractivity contribution >= 4 is 7.32 Å². The average molecular weight is 211 g/mol. The Hall–Kier alpha value is -0.215. The van der Waals surface area contributed by atoms with Crippen molar-refractivity contribution in [3.05, 3.63) is 0 Å². The maximum absolute atomic E-state index is 8.48. The van der Waals surface area contributed by atoms with Gasteiger partial charge in [0.1, 0.15) is 0 Å². The summed E-state index contributed by atoms with van der Waals surface area (Å²) in [5, 5.41) is 47.0. The minimum Gasteiger partial charge on any atom is -0.402 e. The summed E-state index contributed by atoms with van der Waals surface area (Å²) in [4.78, 5) is 1.79. The second kappa shape index (κ2) is 12.8. The molecule has 0 bridgehead atoms. The largest absolute Gasteiger partial charge is 0.631 e. The van der Waals surface area contributed by atoms with Gasteiger partial charge >= 0.3 is 7.32 Å². The van der Waals surface area contributed by atoms with Gasteiger partial charge in [0.05, 0.1) is 19.8 Å².